The van der Waals surface area contributed by atoms with Gasteiger partial charge in [-0.15, -0.1) is 0 Å². The summed E-state index contributed by atoms with van der Waals surface area (Å²) < 4.78 is 0. The molecule has 1 amide bonds. The number of nitrogens with one attached hydrogen (secondary N) is 2. The first-order chi connectivity index (χ1) is 5.74. The van der Waals surface area contributed by atoms with Gasteiger partial charge in [0.2, 0.25) is 0 Å². The van der Waals surface area contributed by atoms with Gasteiger partial charge in [-0.3, -0.25) is 4.79 Å². The van der Waals surface area contributed by atoms with Crippen LogP contribution in [0.25, 0.3) is 0 Å². The van der Waals surface area contributed by atoms with E-state index in [9.17, 15) is 4.79 Å². The first-order valence-electron chi connectivity index (χ1n) is 4.10. The molecule has 0 aliphatic rings. The van der Waals surface area contributed by atoms with Crippen molar-refractivity contribution in [2.45, 2.75) is 13.3 Å². The Bertz CT molecular complexity index is 161. The highest BCUT2D eigenvalue weighted by molar-refractivity contribution is 5.74. The molecule has 4 heteroatoms. The Balaban J connectivity index is 0. The SMILES string of the molecule is C=CC[NH+](CC=C)NC(=O)CC.[Br-]. The van der Waals surface area contributed by atoms with Crippen LogP contribution in [0.2, 0.25) is 0 Å². The summed E-state index contributed by atoms with van der Waals surface area (Å²) in [5.41, 5.74) is 2.80. The molecule has 0 atom stereocenters. The number of carbonyl (C=O) groups is 1. The molecule has 0 radical (unpaired) electrons. The van der Waals surface area contributed by atoms with E-state index in [1.165, 1.54) is 0 Å². The largest absolute Gasteiger partial charge is 1.00 e. The molecular formula is C9H17BrN2O. The highest BCUT2D eigenvalue weighted by Gasteiger charge is 2.06. The molecule has 0 aromatic rings. The van der Waals surface area contributed by atoms with E-state index >= 15 is 0 Å². The van der Waals surface area contributed by atoms with Crippen LogP contribution in [0.4, 0.5) is 0 Å². The van der Waals surface area contributed by atoms with E-state index in [0.29, 0.717) is 6.42 Å². The Morgan fingerprint density at radius 3 is 2.15 bits per heavy atom. The van der Waals surface area contributed by atoms with Crippen molar-refractivity contribution in [1.29, 1.82) is 0 Å². The summed E-state index contributed by atoms with van der Waals surface area (Å²) in [5.74, 6) is 0.0497. The fourth-order valence-electron chi connectivity index (χ4n) is 0.819. The number of rotatable bonds is 6. The third kappa shape index (κ3) is 7.74. The van der Waals surface area contributed by atoms with E-state index in [4.69, 9.17) is 0 Å². The average molecular weight is 249 g/mol. The van der Waals surface area contributed by atoms with Gasteiger partial charge >= 0.3 is 0 Å². The van der Waals surface area contributed by atoms with Crippen molar-refractivity contribution >= 4 is 5.91 Å². The lowest BCUT2D eigenvalue weighted by Crippen LogP contribution is -3.18. The van der Waals surface area contributed by atoms with Gasteiger partial charge in [0.05, 0.1) is 0 Å². The van der Waals surface area contributed by atoms with Crippen LogP contribution in [-0.2, 0) is 4.79 Å². The van der Waals surface area contributed by atoms with E-state index in [0.717, 1.165) is 18.1 Å². The molecule has 0 aliphatic carbocycles. The van der Waals surface area contributed by atoms with Crippen LogP contribution in [0.3, 0.4) is 0 Å². The number of carbonyl (C=O) groups excluding carboxylic acids is 1. The van der Waals surface area contributed by atoms with Crippen LogP contribution in [0, 0.1) is 0 Å². The molecule has 0 fully saturated rings. The van der Waals surface area contributed by atoms with Gasteiger partial charge in [0.25, 0.3) is 5.91 Å². The summed E-state index contributed by atoms with van der Waals surface area (Å²) in [6, 6.07) is 0. The maximum Gasteiger partial charge on any atom is 0.264 e. The molecule has 2 N–H and O–H groups in total. The van der Waals surface area contributed by atoms with Crippen LogP contribution in [0.5, 0.6) is 0 Å². The molecular weight excluding hydrogens is 232 g/mol. The molecule has 0 aromatic heterocycles. The topological polar surface area (TPSA) is 33.5 Å². The first-order valence-corrected chi connectivity index (χ1v) is 4.10. The van der Waals surface area contributed by atoms with Crippen molar-refractivity contribution in [2.24, 2.45) is 0 Å². The van der Waals surface area contributed by atoms with Crippen LogP contribution < -0.4 is 27.4 Å². The number of quaternary nitrogens is 1. The highest BCUT2D eigenvalue weighted by atomic mass is 79.9. The third-order valence-corrected chi connectivity index (χ3v) is 1.42. The van der Waals surface area contributed by atoms with Gasteiger partial charge < -0.3 is 17.0 Å². The minimum atomic E-state index is 0. The van der Waals surface area contributed by atoms with Crippen molar-refractivity contribution in [3.8, 4) is 0 Å². The van der Waals surface area contributed by atoms with E-state index in [1.54, 1.807) is 12.2 Å². The molecule has 0 spiro atoms. The van der Waals surface area contributed by atoms with Crippen LogP contribution in [0.1, 0.15) is 13.3 Å². The third-order valence-electron chi connectivity index (χ3n) is 1.42. The van der Waals surface area contributed by atoms with Gasteiger partial charge in [0.1, 0.15) is 13.1 Å². The van der Waals surface area contributed by atoms with Gasteiger partial charge in [-0.25, -0.2) is 10.4 Å². The molecule has 0 bridgehead atoms. The molecule has 3 nitrogen and oxygen atoms in total. The Morgan fingerprint density at radius 2 is 1.85 bits per heavy atom. The van der Waals surface area contributed by atoms with Crippen molar-refractivity contribution < 1.29 is 26.8 Å². The van der Waals surface area contributed by atoms with E-state index in [-0.39, 0.29) is 22.9 Å². The quantitative estimate of drug-likeness (QED) is 0.375. The normalized spacial score (nSPS) is 8.77. The summed E-state index contributed by atoms with van der Waals surface area (Å²) in [5, 5.41) is 0.965. The molecule has 0 aromatic carbocycles. The van der Waals surface area contributed by atoms with Gasteiger partial charge in [-0.1, -0.05) is 20.1 Å². The molecule has 0 aliphatic heterocycles. The summed E-state index contributed by atoms with van der Waals surface area (Å²) in [6.07, 6.45) is 4.06. The molecule has 76 valence electrons. The summed E-state index contributed by atoms with van der Waals surface area (Å²) in [6.45, 7) is 10.5. The Kier molecular flexibility index (Phi) is 10.9. The van der Waals surface area contributed by atoms with E-state index in [1.807, 2.05) is 6.92 Å². The first kappa shape index (κ1) is 14.9. The monoisotopic (exact) mass is 248 g/mol. The Morgan fingerprint density at radius 1 is 1.38 bits per heavy atom. The zero-order valence-corrected chi connectivity index (χ0v) is 9.56. The maximum atomic E-state index is 11.0. The maximum absolute atomic E-state index is 11.0. The summed E-state index contributed by atoms with van der Waals surface area (Å²) >= 11 is 0. The van der Waals surface area contributed by atoms with Crippen LogP contribution >= 0.6 is 0 Å². The zero-order valence-electron chi connectivity index (χ0n) is 7.98. The predicted molar refractivity (Wildman–Crippen MR) is 49.5 cm³/mol. The lowest BCUT2D eigenvalue weighted by Gasteiger charge is -2.15. The van der Waals surface area contributed by atoms with E-state index in [2.05, 4.69) is 18.6 Å². The van der Waals surface area contributed by atoms with Crippen molar-refractivity contribution in [2.75, 3.05) is 13.1 Å². The lowest BCUT2D eigenvalue weighted by atomic mass is 10.4. The standard InChI is InChI=1S/C9H16N2O.BrH/c1-4-7-11(8-5-2)10-9(12)6-3;/h4-5H,1-2,6-8H2,3H3,(H,10,12);1H. The van der Waals surface area contributed by atoms with Crippen LogP contribution in [0.15, 0.2) is 25.3 Å². The smallest absolute Gasteiger partial charge is 0.264 e. The number of hydrogen-bond donors (Lipinski definition) is 2. The van der Waals surface area contributed by atoms with Crippen molar-refractivity contribution in [3.05, 3.63) is 25.3 Å². The number of hydrogen-bond acceptors (Lipinski definition) is 1. The second kappa shape index (κ2) is 9.48. The lowest BCUT2D eigenvalue weighted by molar-refractivity contribution is -0.924. The number of halogens is 1. The average Bonchev–Trinajstić information content (AvgIpc) is 2.05. The van der Waals surface area contributed by atoms with Crippen molar-refractivity contribution in [1.82, 2.24) is 5.43 Å². The summed E-state index contributed by atoms with van der Waals surface area (Å²) in [7, 11) is 0. The molecule has 0 unspecified atom stereocenters. The second-order valence-corrected chi connectivity index (χ2v) is 2.49. The fraction of sp³-hybridized carbons (Fsp3) is 0.444. The minimum absolute atomic E-state index is 0. The summed E-state index contributed by atoms with van der Waals surface area (Å²) in [4.78, 5) is 11.0. The fourth-order valence-corrected chi connectivity index (χ4v) is 0.819. The molecule has 0 heterocycles. The van der Waals surface area contributed by atoms with Gasteiger partial charge in [-0.2, -0.15) is 0 Å². The van der Waals surface area contributed by atoms with Crippen LogP contribution in [-0.4, -0.2) is 19.0 Å². The highest BCUT2D eigenvalue weighted by Crippen LogP contribution is 1.68. The Hall–Kier alpha value is -0.610. The molecule has 0 saturated carbocycles. The number of amides is 1. The molecule has 13 heavy (non-hydrogen) atoms. The second-order valence-electron chi connectivity index (χ2n) is 2.49. The van der Waals surface area contributed by atoms with Gasteiger partial charge in [-0.05, 0) is 12.2 Å². The Labute approximate surface area is 90.2 Å². The molecule has 0 saturated heterocycles. The zero-order chi connectivity index (χ0) is 9.40. The minimum Gasteiger partial charge on any atom is -1.00 e. The van der Waals surface area contributed by atoms with Gasteiger partial charge in [0, 0.05) is 6.42 Å². The molecule has 0 rings (SSSR count). The predicted octanol–water partition coefficient (Wildman–Crippen LogP) is -3.31. The van der Waals surface area contributed by atoms with Crippen molar-refractivity contribution in [3.63, 3.8) is 0 Å². The van der Waals surface area contributed by atoms with E-state index < -0.39 is 0 Å². The van der Waals surface area contributed by atoms with Gasteiger partial charge in [0.15, 0.2) is 0 Å².